The summed E-state index contributed by atoms with van der Waals surface area (Å²) in [6.07, 6.45) is 1.50. The van der Waals surface area contributed by atoms with Gasteiger partial charge in [0.15, 0.2) is 0 Å². The van der Waals surface area contributed by atoms with Gasteiger partial charge in [-0.05, 0) is 36.8 Å². The van der Waals surface area contributed by atoms with E-state index in [4.69, 9.17) is 23.2 Å². The van der Waals surface area contributed by atoms with E-state index < -0.39 is 0 Å². The number of benzene rings is 2. The SMILES string of the molecule is CC(c1ccc(Cl)cc1Cl)N(C)C(=O)c1cnc2ccccc2n1. The van der Waals surface area contributed by atoms with Gasteiger partial charge >= 0.3 is 0 Å². The summed E-state index contributed by atoms with van der Waals surface area (Å²) in [6.45, 7) is 1.90. The lowest BCUT2D eigenvalue weighted by Gasteiger charge is -2.25. The van der Waals surface area contributed by atoms with Crippen molar-refractivity contribution in [1.29, 1.82) is 0 Å². The summed E-state index contributed by atoms with van der Waals surface area (Å²) in [5.74, 6) is -0.216. The number of aromatic nitrogens is 2. The van der Waals surface area contributed by atoms with Crippen molar-refractivity contribution >= 4 is 40.1 Å². The van der Waals surface area contributed by atoms with Crippen LogP contribution in [0.15, 0.2) is 48.7 Å². The average Bonchev–Trinajstić information content (AvgIpc) is 2.59. The molecule has 1 unspecified atom stereocenters. The van der Waals surface area contributed by atoms with E-state index >= 15 is 0 Å². The zero-order chi connectivity index (χ0) is 17.3. The van der Waals surface area contributed by atoms with E-state index in [1.54, 1.807) is 24.1 Å². The van der Waals surface area contributed by atoms with Gasteiger partial charge in [-0.3, -0.25) is 9.78 Å². The summed E-state index contributed by atoms with van der Waals surface area (Å²) in [7, 11) is 1.72. The maximum absolute atomic E-state index is 12.7. The highest BCUT2D eigenvalue weighted by atomic mass is 35.5. The van der Waals surface area contributed by atoms with Gasteiger partial charge in [0.25, 0.3) is 5.91 Å². The van der Waals surface area contributed by atoms with Crippen molar-refractivity contribution in [3.8, 4) is 0 Å². The van der Waals surface area contributed by atoms with Crippen LogP contribution in [0.2, 0.25) is 10.0 Å². The molecule has 3 aromatic rings. The van der Waals surface area contributed by atoms with Gasteiger partial charge in [-0.25, -0.2) is 4.98 Å². The molecule has 0 saturated carbocycles. The highest BCUT2D eigenvalue weighted by molar-refractivity contribution is 6.35. The number of nitrogens with zero attached hydrogens (tertiary/aromatic N) is 3. The number of fused-ring (bicyclic) bond motifs is 1. The summed E-state index contributed by atoms with van der Waals surface area (Å²) in [6, 6.07) is 12.5. The van der Waals surface area contributed by atoms with E-state index in [1.165, 1.54) is 6.20 Å². The minimum atomic E-state index is -0.226. The molecule has 1 amide bonds. The highest BCUT2D eigenvalue weighted by Gasteiger charge is 2.22. The largest absolute Gasteiger partial charge is 0.334 e. The standard InChI is InChI=1S/C18H15Cl2N3O/c1-11(13-8-7-12(19)9-14(13)20)23(2)18(24)17-10-21-15-5-3-4-6-16(15)22-17/h3-11H,1-2H3. The third kappa shape index (κ3) is 3.21. The molecule has 3 rings (SSSR count). The molecule has 0 aliphatic rings. The Morgan fingerprint density at radius 2 is 1.83 bits per heavy atom. The Morgan fingerprint density at radius 3 is 2.54 bits per heavy atom. The first-order valence-corrected chi connectivity index (χ1v) is 8.17. The predicted octanol–water partition coefficient (Wildman–Crippen LogP) is 4.77. The molecule has 1 heterocycles. The van der Waals surface area contributed by atoms with Gasteiger partial charge in [0.2, 0.25) is 0 Å². The number of halogens is 2. The maximum atomic E-state index is 12.7. The van der Waals surface area contributed by atoms with Gasteiger partial charge in [0.1, 0.15) is 5.69 Å². The molecule has 0 N–H and O–H groups in total. The molecule has 0 aliphatic carbocycles. The van der Waals surface area contributed by atoms with Gasteiger partial charge in [0.05, 0.1) is 23.3 Å². The zero-order valence-corrected chi connectivity index (χ0v) is 14.7. The Balaban J connectivity index is 1.89. The van der Waals surface area contributed by atoms with Crippen molar-refractivity contribution < 1.29 is 4.79 Å². The molecule has 0 bridgehead atoms. The van der Waals surface area contributed by atoms with Crippen LogP contribution in [-0.4, -0.2) is 27.8 Å². The van der Waals surface area contributed by atoms with Crippen LogP contribution in [-0.2, 0) is 0 Å². The van der Waals surface area contributed by atoms with Crippen LogP contribution in [0.3, 0.4) is 0 Å². The number of amides is 1. The molecule has 0 spiro atoms. The Morgan fingerprint density at radius 1 is 1.12 bits per heavy atom. The van der Waals surface area contributed by atoms with Crippen molar-refractivity contribution in [3.05, 3.63) is 70.0 Å². The number of hydrogen-bond donors (Lipinski definition) is 0. The molecule has 1 atom stereocenters. The van der Waals surface area contributed by atoms with Crippen molar-refractivity contribution in [2.75, 3.05) is 7.05 Å². The molecule has 0 saturated heterocycles. The molecular weight excluding hydrogens is 345 g/mol. The second kappa shape index (κ2) is 6.75. The number of hydrogen-bond acceptors (Lipinski definition) is 3. The summed E-state index contributed by atoms with van der Waals surface area (Å²) in [5, 5.41) is 1.09. The Kier molecular flexibility index (Phi) is 4.69. The van der Waals surface area contributed by atoms with Crippen molar-refractivity contribution in [3.63, 3.8) is 0 Å². The molecular formula is C18H15Cl2N3O. The first kappa shape index (κ1) is 16.7. The molecule has 2 aromatic carbocycles. The molecule has 0 fully saturated rings. The van der Waals surface area contributed by atoms with Gasteiger partial charge in [-0.1, -0.05) is 41.4 Å². The lowest BCUT2D eigenvalue weighted by Crippen LogP contribution is -2.30. The quantitative estimate of drug-likeness (QED) is 0.676. The zero-order valence-electron chi connectivity index (χ0n) is 13.2. The van der Waals surface area contributed by atoms with E-state index in [2.05, 4.69) is 9.97 Å². The van der Waals surface area contributed by atoms with Crippen LogP contribution in [0.4, 0.5) is 0 Å². The third-order valence-corrected chi connectivity index (χ3v) is 4.54. The minimum absolute atomic E-state index is 0.216. The third-order valence-electron chi connectivity index (χ3n) is 3.98. The van der Waals surface area contributed by atoms with Gasteiger partial charge in [-0.2, -0.15) is 0 Å². The number of rotatable bonds is 3. The van der Waals surface area contributed by atoms with E-state index in [0.717, 1.165) is 11.1 Å². The van der Waals surface area contributed by atoms with Gasteiger partial charge in [-0.15, -0.1) is 0 Å². The minimum Gasteiger partial charge on any atom is -0.334 e. The van der Waals surface area contributed by atoms with Crippen LogP contribution in [0.25, 0.3) is 11.0 Å². The fourth-order valence-electron chi connectivity index (χ4n) is 2.47. The van der Waals surface area contributed by atoms with Crippen molar-refractivity contribution in [2.24, 2.45) is 0 Å². The Bertz CT molecular complexity index is 914. The van der Waals surface area contributed by atoms with Crippen LogP contribution in [0.5, 0.6) is 0 Å². The number of carbonyl (C=O) groups is 1. The summed E-state index contributed by atoms with van der Waals surface area (Å²) in [4.78, 5) is 23.0. The predicted molar refractivity (Wildman–Crippen MR) is 96.5 cm³/mol. The van der Waals surface area contributed by atoms with Crippen LogP contribution < -0.4 is 0 Å². The topological polar surface area (TPSA) is 46.1 Å². The Hall–Kier alpha value is -2.17. The average molecular weight is 360 g/mol. The van der Waals surface area contributed by atoms with Crippen molar-refractivity contribution in [1.82, 2.24) is 14.9 Å². The van der Waals surface area contributed by atoms with E-state index in [9.17, 15) is 4.79 Å². The van der Waals surface area contributed by atoms with E-state index in [0.29, 0.717) is 21.3 Å². The fourth-order valence-corrected chi connectivity index (χ4v) is 3.03. The second-order valence-corrected chi connectivity index (χ2v) is 6.35. The number of para-hydroxylation sites is 2. The molecule has 24 heavy (non-hydrogen) atoms. The van der Waals surface area contributed by atoms with E-state index in [-0.39, 0.29) is 11.9 Å². The fraction of sp³-hybridized carbons (Fsp3) is 0.167. The molecule has 0 radical (unpaired) electrons. The molecule has 0 aliphatic heterocycles. The van der Waals surface area contributed by atoms with Crippen LogP contribution >= 0.6 is 23.2 Å². The molecule has 6 heteroatoms. The second-order valence-electron chi connectivity index (χ2n) is 5.50. The van der Waals surface area contributed by atoms with Crippen LogP contribution in [0.1, 0.15) is 29.0 Å². The van der Waals surface area contributed by atoms with Crippen LogP contribution in [0, 0.1) is 0 Å². The highest BCUT2D eigenvalue weighted by Crippen LogP contribution is 2.29. The maximum Gasteiger partial charge on any atom is 0.274 e. The molecule has 4 nitrogen and oxygen atoms in total. The first-order valence-electron chi connectivity index (χ1n) is 7.41. The summed E-state index contributed by atoms with van der Waals surface area (Å²) >= 11 is 12.2. The monoisotopic (exact) mass is 359 g/mol. The Labute approximate surface area is 150 Å². The smallest absolute Gasteiger partial charge is 0.274 e. The van der Waals surface area contributed by atoms with Gasteiger partial charge in [0, 0.05) is 17.1 Å². The lowest BCUT2D eigenvalue weighted by molar-refractivity contribution is 0.0737. The van der Waals surface area contributed by atoms with Crippen molar-refractivity contribution in [2.45, 2.75) is 13.0 Å². The molecule has 1 aromatic heterocycles. The first-order chi connectivity index (χ1) is 11.5. The van der Waals surface area contributed by atoms with E-state index in [1.807, 2.05) is 37.3 Å². The molecule has 122 valence electrons. The summed E-state index contributed by atoms with van der Waals surface area (Å²) in [5.41, 5.74) is 2.57. The van der Waals surface area contributed by atoms with Gasteiger partial charge < -0.3 is 4.90 Å². The summed E-state index contributed by atoms with van der Waals surface area (Å²) < 4.78 is 0. The number of carbonyl (C=O) groups excluding carboxylic acids is 1. The lowest BCUT2D eigenvalue weighted by atomic mass is 10.1. The normalized spacial score (nSPS) is 12.2.